The summed E-state index contributed by atoms with van der Waals surface area (Å²) in [6.45, 7) is 2.16. The van der Waals surface area contributed by atoms with Crippen LogP contribution in [0.15, 0.2) is 18.2 Å². The van der Waals surface area contributed by atoms with Gasteiger partial charge in [-0.3, -0.25) is 4.40 Å². The molecule has 0 aliphatic carbocycles. The topological polar surface area (TPSA) is 26.5 Å². The molecule has 0 aromatic carbocycles. The number of alkyl halides is 1. The van der Waals surface area contributed by atoms with Crippen LogP contribution in [0, 0.1) is 0 Å². The highest BCUT2D eigenvalue weighted by Gasteiger charge is 2.12. The van der Waals surface area contributed by atoms with E-state index in [2.05, 4.69) is 38.3 Å². The van der Waals surface area contributed by atoms with Gasteiger partial charge in [0, 0.05) is 11.8 Å². The molecule has 2 rings (SSSR count). The number of nitrogens with zero attached hydrogens (tertiary/aromatic N) is 2. The predicted octanol–water partition coefficient (Wildman–Crippen LogP) is 3.19. The van der Waals surface area contributed by atoms with Crippen LogP contribution in [-0.2, 0) is 11.8 Å². The van der Waals surface area contributed by atoms with Gasteiger partial charge in [0.1, 0.15) is 5.82 Å². The fourth-order valence-corrected chi connectivity index (χ4v) is 2.31. The van der Waals surface area contributed by atoms with E-state index in [0.717, 1.165) is 41.1 Å². The Morgan fingerprint density at radius 3 is 2.88 bits per heavy atom. The number of rotatable bonds is 4. The Morgan fingerprint density at radius 2 is 2.25 bits per heavy atom. The fourth-order valence-electron chi connectivity index (χ4n) is 1.89. The third-order valence-corrected chi connectivity index (χ3v) is 3.11. The van der Waals surface area contributed by atoms with Gasteiger partial charge in [-0.1, -0.05) is 28.9 Å². The number of hydrogen-bond acceptors (Lipinski definition) is 2. The van der Waals surface area contributed by atoms with Crippen LogP contribution in [-0.4, -0.2) is 16.5 Å². The molecule has 0 N–H and O–H groups in total. The summed E-state index contributed by atoms with van der Waals surface area (Å²) < 4.78 is 7.48. The van der Waals surface area contributed by atoms with Gasteiger partial charge in [0.25, 0.3) is 0 Å². The van der Waals surface area contributed by atoms with Crippen LogP contribution in [0.25, 0.3) is 5.52 Å². The van der Waals surface area contributed by atoms with Crippen molar-refractivity contribution in [3.05, 3.63) is 29.7 Å². The maximum absolute atomic E-state index is 5.38. The first-order valence-electron chi connectivity index (χ1n) is 5.41. The number of fused-ring (bicyclic) bond motifs is 1. The van der Waals surface area contributed by atoms with E-state index in [1.165, 1.54) is 0 Å². The minimum atomic E-state index is 0.771. The van der Waals surface area contributed by atoms with Crippen molar-refractivity contribution in [2.24, 2.45) is 0 Å². The molecule has 0 spiro atoms. The number of aryl methyl sites for hydroxylation is 1. The molecular formula is C12H15BrN2O. The van der Waals surface area contributed by atoms with Crippen molar-refractivity contribution in [3.8, 4) is 5.88 Å². The Balaban J connectivity index is 2.69. The smallest absolute Gasteiger partial charge is 0.199 e. The Kier molecular flexibility index (Phi) is 3.49. The molecule has 0 atom stereocenters. The van der Waals surface area contributed by atoms with Gasteiger partial charge in [-0.15, -0.1) is 0 Å². The molecule has 0 saturated heterocycles. The SMILES string of the molecule is CCCc1nc(CBr)c2cccc(OC)n12. The van der Waals surface area contributed by atoms with Gasteiger partial charge in [0.05, 0.1) is 18.3 Å². The molecule has 0 saturated carbocycles. The normalized spacial score (nSPS) is 10.9. The first kappa shape index (κ1) is 11.5. The van der Waals surface area contributed by atoms with E-state index < -0.39 is 0 Å². The zero-order valence-corrected chi connectivity index (χ0v) is 11.1. The third kappa shape index (κ3) is 1.82. The summed E-state index contributed by atoms with van der Waals surface area (Å²) in [5.41, 5.74) is 2.20. The lowest BCUT2D eigenvalue weighted by Gasteiger charge is -2.06. The molecule has 2 aromatic heterocycles. The maximum atomic E-state index is 5.38. The van der Waals surface area contributed by atoms with Crippen molar-refractivity contribution in [3.63, 3.8) is 0 Å². The monoisotopic (exact) mass is 282 g/mol. The number of halogens is 1. The molecule has 0 radical (unpaired) electrons. The number of pyridine rings is 1. The molecule has 0 amide bonds. The standard InChI is InChI=1S/C12H15BrN2O/c1-3-5-11-14-9(8-13)10-6-4-7-12(16-2)15(10)11/h4,6-7H,3,5,8H2,1-2H3. The lowest BCUT2D eigenvalue weighted by molar-refractivity contribution is 0.390. The lowest BCUT2D eigenvalue weighted by atomic mass is 10.3. The molecule has 0 fully saturated rings. The predicted molar refractivity (Wildman–Crippen MR) is 68.4 cm³/mol. The van der Waals surface area contributed by atoms with Crippen LogP contribution < -0.4 is 4.74 Å². The minimum Gasteiger partial charge on any atom is -0.482 e. The minimum absolute atomic E-state index is 0.771. The summed E-state index contributed by atoms with van der Waals surface area (Å²) in [5, 5.41) is 0.771. The van der Waals surface area contributed by atoms with Gasteiger partial charge in [0.2, 0.25) is 0 Å². The Bertz CT molecular complexity index is 493. The largest absolute Gasteiger partial charge is 0.482 e. The van der Waals surface area contributed by atoms with Crippen LogP contribution in [0.2, 0.25) is 0 Å². The van der Waals surface area contributed by atoms with Crippen LogP contribution >= 0.6 is 15.9 Å². The van der Waals surface area contributed by atoms with Crippen molar-refractivity contribution in [1.82, 2.24) is 9.38 Å². The average molecular weight is 283 g/mol. The number of ether oxygens (including phenoxy) is 1. The van der Waals surface area contributed by atoms with E-state index in [4.69, 9.17) is 4.74 Å². The Hall–Kier alpha value is -1.03. The summed E-state index contributed by atoms with van der Waals surface area (Å²) in [5.74, 6) is 1.92. The number of aromatic nitrogens is 2. The van der Waals surface area contributed by atoms with E-state index in [0.29, 0.717) is 0 Å². The first-order chi connectivity index (χ1) is 7.81. The van der Waals surface area contributed by atoms with E-state index in [9.17, 15) is 0 Å². The molecule has 0 aliphatic heterocycles. The van der Waals surface area contributed by atoms with Crippen molar-refractivity contribution >= 4 is 21.4 Å². The van der Waals surface area contributed by atoms with Crippen molar-refractivity contribution < 1.29 is 4.74 Å². The zero-order chi connectivity index (χ0) is 11.5. The maximum Gasteiger partial charge on any atom is 0.199 e. The average Bonchev–Trinajstić information content (AvgIpc) is 2.68. The number of imidazole rings is 1. The summed E-state index contributed by atoms with van der Waals surface area (Å²) in [6.07, 6.45) is 2.05. The molecule has 2 aromatic rings. The van der Waals surface area contributed by atoms with Gasteiger partial charge >= 0.3 is 0 Å². The second-order valence-electron chi connectivity index (χ2n) is 3.65. The number of hydrogen-bond donors (Lipinski definition) is 0. The van der Waals surface area contributed by atoms with Gasteiger partial charge < -0.3 is 4.74 Å². The molecule has 3 nitrogen and oxygen atoms in total. The molecule has 4 heteroatoms. The van der Waals surface area contributed by atoms with E-state index in [1.807, 2.05) is 12.1 Å². The summed E-state index contributed by atoms with van der Waals surface area (Å²) >= 11 is 3.47. The van der Waals surface area contributed by atoms with Gasteiger partial charge in [-0.25, -0.2) is 4.98 Å². The van der Waals surface area contributed by atoms with Crippen molar-refractivity contribution in [2.45, 2.75) is 25.1 Å². The van der Waals surface area contributed by atoms with Gasteiger partial charge in [0.15, 0.2) is 5.88 Å². The fraction of sp³-hybridized carbons (Fsp3) is 0.417. The van der Waals surface area contributed by atoms with Crippen LogP contribution in [0.5, 0.6) is 5.88 Å². The second-order valence-corrected chi connectivity index (χ2v) is 4.21. The quantitative estimate of drug-likeness (QED) is 0.806. The molecule has 0 bridgehead atoms. The lowest BCUT2D eigenvalue weighted by Crippen LogP contribution is -1.98. The highest BCUT2D eigenvalue weighted by atomic mass is 79.9. The number of methoxy groups -OCH3 is 1. The molecule has 16 heavy (non-hydrogen) atoms. The van der Waals surface area contributed by atoms with E-state index in [1.54, 1.807) is 7.11 Å². The second kappa shape index (κ2) is 4.87. The van der Waals surface area contributed by atoms with Crippen molar-refractivity contribution in [2.75, 3.05) is 7.11 Å². The molecular weight excluding hydrogens is 268 g/mol. The molecule has 0 unspecified atom stereocenters. The molecule has 86 valence electrons. The van der Waals surface area contributed by atoms with Gasteiger partial charge in [-0.2, -0.15) is 0 Å². The molecule has 0 aliphatic rings. The van der Waals surface area contributed by atoms with E-state index >= 15 is 0 Å². The first-order valence-corrected chi connectivity index (χ1v) is 6.53. The molecule has 2 heterocycles. The van der Waals surface area contributed by atoms with Gasteiger partial charge in [-0.05, 0) is 18.6 Å². The van der Waals surface area contributed by atoms with Crippen molar-refractivity contribution in [1.29, 1.82) is 0 Å². The van der Waals surface area contributed by atoms with Crippen LogP contribution in [0.3, 0.4) is 0 Å². The van der Waals surface area contributed by atoms with E-state index in [-0.39, 0.29) is 0 Å². The summed E-state index contributed by atoms with van der Waals surface area (Å²) in [4.78, 5) is 4.64. The van der Waals surface area contributed by atoms with Crippen LogP contribution in [0.1, 0.15) is 24.9 Å². The highest BCUT2D eigenvalue weighted by molar-refractivity contribution is 9.08. The highest BCUT2D eigenvalue weighted by Crippen LogP contribution is 2.22. The summed E-state index contributed by atoms with van der Waals surface area (Å²) in [6, 6.07) is 6.04. The zero-order valence-electron chi connectivity index (χ0n) is 9.53. The van der Waals surface area contributed by atoms with Crippen LogP contribution in [0.4, 0.5) is 0 Å². The Labute approximate surface area is 104 Å². The third-order valence-electron chi connectivity index (χ3n) is 2.58. The Morgan fingerprint density at radius 1 is 1.44 bits per heavy atom. The summed E-state index contributed by atoms with van der Waals surface area (Å²) in [7, 11) is 1.69.